The van der Waals surface area contributed by atoms with Crippen LogP contribution in [0.2, 0.25) is 0 Å². The Morgan fingerprint density at radius 3 is 0.919 bits per heavy atom. The molecule has 0 N–H and O–H groups in total. The Morgan fingerprint density at radius 1 is 0.378 bits per heavy atom. The van der Waals surface area contributed by atoms with E-state index in [4.69, 9.17) is 0 Å². The summed E-state index contributed by atoms with van der Waals surface area (Å²) in [5.41, 5.74) is 0. The molecule has 0 saturated heterocycles. The van der Waals surface area contributed by atoms with Crippen molar-refractivity contribution in [2.45, 2.75) is 200 Å². The molecule has 0 amide bonds. The molecule has 0 bridgehead atoms. The molecule has 0 aromatic rings. The Hall–Kier alpha value is -0.850. The molecule has 37 heavy (non-hydrogen) atoms. The van der Waals surface area contributed by atoms with Crippen molar-refractivity contribution in [3.63, 3.8) is 0 Å². The summed E-state index contributed by atoms with van der Waals surface area (Å²) in [4.78, 5) is 10.0. The summed E-state index contributed by atoms with van der Waals surface area (Å²) in [6.07, 6.45) is 52.2. The molecular formula is C36H67O. The predicted molar refractivity (Wildman–Crippen MR) is 168 cm³/mol. The van der Waals surface area contributed by atoms with Crippen molar-refractivity contribution in [3.05, 3.63) is 24.3 Å². The molecule has 0 heterocycles. The SMILES string of the molecule is CCCCCCCCCCCCCCCCCCCCCCCCCCCCCCC/C=C/C=C/[C]=O. The van der Waals surface area contributed by atoms with Gasteiger partial charge in [-0.05, 0) is 18.9 Å². The van der Waals surface area contributed by atoms with Crippen LogP contribution in [0.15, 0.2) is 24.3 Å². The van der Waals surface area contributed by atoms with Gasteiger partial charge in [-0.2, -0.15) is 0 Å². The maximum absolute atomic E-state index is 10.0. The maximum Gasteiger partial charge on any atom is 0.225 e. The zero-order chi connectivity index (χ0) is 26.7. The van der Waals surface area contributed by atoms with Gasteiger partial charge in [0, 0.05) is 0 Å². The summed E-state index contributed by atoms with van der Waals surface area (Å²) in [6.45, 7) is 2.30. The Kier molecular flexibility index (Phi) is 34.3. The Bertz CT molecular complexity index is 463. The molecule has 0 unspecified atom stereocenters. The molecule has 0 rings (SSSR count). The second-order valence-corrected chi connectivity index (χ2v) is 11.6. The topological polar surface area (TPSA) is 17.1 Å². The van der Waals surface area contributed by atoms with Crippen LogP contribution in [-0.4, -0.2) is 6.29 Å². The van der Waals surface area contributed by atoms with Gasteiger partial charge in [0.1, 0.15) is 0 Å². The fourth-order valence-electron chi connectivity index (χ4n) is 5.38. The monoisotopic (exact) mass is 516 g/mol. The van der Waals surface area contributed by atoms with Gasteiger partial charge in [0.05, 0.1) is 0 Å². The van der Waals surface area contributed by atoms with E-state index in [1.807, 2.05) is 6.08 Å². The molecule has 0 fully saturated rings. The maximum atomic E-state index is 10.0. The molecular weight excluding hydrogens is 448 g/mol. The first-order chi connectivity index (χ1) is 18.4. The Balaban J connectivity index is 3.05. The number of allylic oxidation sites excluding steroid dienone is 4. The molecule has 0 aromatic carbocycles. The van der Waals surface area contributed by atoms with Crippen molar-refractivity contribution in [1.29, 1.82) is 0 Å². The third-order valence-electron chi connectivity index (χ3n) is 7.89. The average Bonchev–Trinajstić information content (AvgIpc) is 2.91. The van der Waals surface area contributed by atoms with E-state index in [2.05, 4.69) is 13.0 Å². The molecule has 0 atom stereocenters. The van der Waals surface area contributed by atoms with E-state index in [1.54, 1.807) is 12.4 Å². The van der Waals surface area contributed by atoms with Gasteiger partial charge in [-0.1, -0.05) is 205 Å². The predicted octanol–water partition coefficient (Wildman–Crippen LogP) is 12.9. The van der Waals surface area contributed by atoms with Gasteiger partial charge in [0.2, 0.25) is 6.29 Å². The summed E-state index contributed by atoms with van der Waals surface area (Å²) < 4.78 is 0. The highest BCUT2D eigenvalue weighted by Gasteiger charge is 1.96. The molecule has 0 aliphatic carbocycles. The highest BCUT2D eigenvalue weighted by Crippen LogP contribution is 2.16. The normalized spacial score (nSPS) is 11.8. The van der Waals surface area contributed by atoms with Crippen LogP contribution in [0.1, 0.15) is 200 Å². The fraction of sp³-hybridized carbons (Fsp3) is 0.861. The van der Waals surface area contributed by atoms with Gasteiger partial charge in [-0.3, -0.25) is 4.79 Å². The van der Waals surface area contributed by atoms with Crippen LogP contribution in [0.5, 0.6) is 0 Å². The van der Waals surface area contributed by atoms with Gasteiger partial charge in [-0.25, -0.2) is 0 Å². The standard InChI is InChI=1S/C36H67O/c1-2-3-4-5-6-7-8-9-10-11-12-13-14-15-16-17-18-19-20-21-22-23-24-25-26-27-28-29-30-31-32-33-34-35-36-37/h32-35H,2-31H2,1H3/b33-32+,35-34+. The van der Waals surface area contributed by atoms with Crippen molar-refractivity contribution in [3.8, 4) is 0 Å². The minimum Gasteiger partial charge on any atom is -0.286 e. The zero-order valence-electron chi connectivity index (χ0n) is 25.4. The quantitative estimate of drug-likeness (QED) is 0.0494. The number of hydrogen-bond acceptors (Lipinski definition) is 1. The second-order valence-electron chi connectivity index (χ2n) is 11.6. The Labute approximate surface area is 234 Å². The van der Waals surface area contributed by atoms with Crippen molar-refractivity contribution in [1.82, 2.24) is 0 Å². The lowest BCUT2D eigenvalue weighted by Crippen LogP contribution is -1.85. The lowest BCUT2D eigenvalue weighted by molar-refractivity contribution is 0.513. The number of unbranched alkanes of at least 4 members (excludes halogenated alkanes) is 29. The summed E-state index contributed by atoms with van der Waals surface area (Å²) in [7, 11) is 0. The second kappa shape index (κ2) is 35.2. The lowest BCUT2D eigenvalue weighted by Gasteiger charge is -2.04. The minimum atomic E-state index is 1.13. The lowest BCUT2D eigenvalue weighted by atomic mass is 10.0. The van der Waals surface area contributed by atoms with Crippen LogP contribution in [0.4, 0.5) is 0 Å². The Morgan fingerprint density at radius 2 is 0.649 bits per heavy atom. The molecule has 1 nitrogen and oxygen atoms in total. The smallest absolute Gasteiger partial charge is 0.225 e. The zero-order valence-corrected chi connectivity index (χ0v) is 25.4. The molecule has 0 aliphatic rings. The molecule has 0 aliphatic heterocycles. The molecule has 217 valence electrons. The van der Waals surface area contributed by atoms with Crippen molar-refractivity contribution < 1.29 is 4.79 Å². The van der Waals surface area contributed by atoms with E-state index in [-0.39, 0.29) is 0 Å². The molecule has 1 radical (unpaired) electrons. The molecule has 1 heteroatoms. The summed E-state index contributed by atoms with van der Waals surface area (Å²) in [5, 5.41) is 0. The number of hydrogen-bond donors (Lipinski definition) is 0. The fourth-order valence-corrected chi connectivity index (χ4v) is 5.38. The van der Waals surface area contributed by atoms with Crippen molar-refractivity contribution in [2.75, 3.05) is 0 Å². The van der Waals surface area contributed by atoms with E-state index in [1.165, 1.54) is 192 Å². The highest BCUT2D eigenvalue weighted by atomic mass is 16.1. The number of carbonyl (C=O) groups excluding carboxylic acids is 1. The van der Waals surface area contributed by atoms with Crippen LogP contribution in [0, 0.1) is 0 Å². The molecule has 0 saturated carbocycles. The summed E-state index contributed by atoms with van der Waals surface area (Å²) in [5.74, 6) is 0. The van der Waals surface area contributed by atoms with E-state index in [9.17, 15) is 4.79 Å². The van der Waals surface area contributed by atoms with Gasteiger partial charge < -0.3 is 0 Å². The van der Waals surface area contributed by atoms with Gasteiger partial charge in [0.25, 0.3) is 0 Å². The molecule has 0 spiro atoms. The van der Waals surface area contributed by atoms with E-state index in [0.717, 1.165) is 6.42 Å². The van der Waals surface area contributed by atoms with E-state index in [0.29, 0.717) is 0 Å². The van der Waals surface area contributed by atoms with Gasteiger partial charge in [0.15, 0.2) is 0 Å². The third-order valence-corrected chi connectivity index (χ3v) is 7.89. The first-order valence-electron chi connectivity index (χ1n) is 17.1. The van der Waals surface area contributed by atoms with Crippen LogP contribution in [0.3, 0.4) is 0 Å². The third kappa shape index (κ3) is 35.1. The summed E-state index contributed by atoms with van der Waals surface area (Å²) in [6, 6.07) is 0. The van der Waals surface area contributed by atoms with Crippen molar-refractivity contribution >= 4 is 6.29 Å². The van der Waals surface area contributed by atoms with Crippen molar-refractivity contribution in [2.24, 2.45) is 0 Å². The van der Waals surface area contributed by atoms with E-state index >= 15 is 0 Å². The largest absolute Gasteiger partial charge is 0.286 e. The molecule has 0 aromatic heterocycles. The van der Waals surface area contributed by atoms with Crippen LogP contribution >= 0.6 is 0 Å². The van der Waals surface area contributed by atoms with Gasteiger partial charge in [-0.15, -0.1) is 0 Å². The van der Waals surface area contributed by atoms with Crippen LogP contribution in [0.25, 0.3) is 0 Å². The average molecular weight is 516 g/mol. The highest BCUT2D eigenvalue weighted by molar-refractivity contribution is 5.66. The minimum absolute atomic E-state index is 1.13. The van der Waals surface area contributed by atoms with E-state index < -0.39 is 0 Å². The summed E-state index contributed by atoms with van der Waals surface area (Å²) >= 11 is 0. The van der Waals surface area contributed by atoms with Crippen LogP contribution < -0.4 is 0 Å². The van der Waals surface area contributed by atoms with Gasteiger partial charge >= 0.3 is 0 Å². The first kappa shape index (κ1) is 36.1. The number of rotatable bonds is 32. The van der Waals surface area contributed by atoms with Crippen LogP contribution in [-0.2, 0) is 4.79 Å². The first-order valence-corrected chi connectivity index (χ1v) is 17.1.